The molecular formula is C14H22N2O3S. The van der Waals surface area contributed by atoms with E-state index in [0.29, 0.717) is 12.1 Å². The van der Waals surface area contributed by atoms with Gasteiger partial charge in [-0.1, -0.05) is 19.4 Å². The summed E-state index contributed by atoms with van der Waals surface area (Å²) in [5, 5.41) is 2.69. The van der Waals surface area contributed by atoms with Crippen LogP contribution in [-0.2, 0) is 14.8 Å². The Morgan fingerprint density at radius 1 is 1.15 bits per heavy atom. The van der Waals surface area contributed by atoms with Crippen LogP contribution in [0, 0.1) is 13.8 Å². The fourth-order valence-corrected chi connectivity index (χ4v) is 3.00. The van der Waals surface area contributed by atoms with Crippen LogP contribution in [0.25, 0.3) is 0 Å². The molecule has 0 bridgehead atoms. The number of anilines is 1. The predicted octanol–water partition coefficient (Wildman–Crippen LogP) is 1.96. The SMILES string of the molecule is CCCCS(=O)(=O)NCC(=O)Nc1cc(C)cc(C)c1. The number of sulfonamides is 1. The van der Waals surface area contributed by atoms with Crippen LogP contribution in [0.5, 0.6) is 0 Å². The van der Waals surface area contributed by atoms with Gasteiger partial charge in [-0.3, -0.25) is 4.79 Å². The molecule has 0 aliphatic rings. The first-order chi connectivity index (χ1) is 9.32. The van der Waals surface area contributed by atoms with E-state index in [0.717, 1.165) is 17.5 Å². The number of benzene rings is 1. The van der Waals surface area contributed by atoms with Crippen LogP contribution in [-0.4, -0.2) is 26.6 Å². The largest absolute Gasteiger partial charge is 0.325 e. The molecule has 1 aromatic carbocycles. The zero-order chi connectivity index (χ0) is 15.2. The lowest BCUT2D eigenvalue weighted by atomic mass is 10.1. The van der Waals surface area contributed by atoms with Crippen LogP contribution in [0.2, 0.25) is 0 Å². The molecule has 0 aliphatic carbocycles. The van der Waals surface area contributed by atoms with Crippen LogP contribution in [0.1, 0.15) is 30.9 Å². The van der Waals surface area contributed by atoms with Crippen molar-refractivity contribution in [3.63, 3.8) is 0 Å². The topological polar surface area (TPSA) is 75.3 Å². The number of unbranched alkanes of at least 4 members (excludes halogenated alkanes) is 1. The smallest absolute Gasteiger partial charge is 0.239 e. The maximum atomic E-state index is 11.7. The summed E-state index contributed by atoms with van der Waals surface area (Å²) in [6, 6.07) is 5.69. The van der Waals surface area contributed by atoms with Gasteiger partial charge in [0.25, 0.3) is 0 Å². The van der Waals surface area contributed by atoms with E-state index in [1.54, 1.807) is 0 Å². The summed E-state index contributed by atoms with van der Waals surface area (Å²) in [6.45, 7) is 5.56. The minimum absolute atomic E-state index is 0.0559. The standard InChI is InChI=1S/C14H22N2O3S/c1-4-5-6-20(18,19)15-10-14(17)16-13-8-11(2)7-12(3)9-13/h7-9,15H,4-6,10H2,1-3H3,(H,16,17). The molecule has 0 atom stereocenters. The number of amides is 1. The van der Waals surface area contributed by atoms with Crippen molar-refractivity contribution >= 4 is 21.6 Å². The molecule has 0 aromatic heterocycles. The van der Waals surface area contributed by atoms with Crippen molar-refractivity contribution in [2.75, 3.05) is 17.6 Å². The highest BCUT2D eigenvalue weighted by atomic mass is 32.2. The Bertz CT molecular complexity index is 548. The number of aryl methyl sites for hydroxylation is 2. The van der Waals surface area contributed by atoms with Gasteiger partial charge in [-0.15, -0.1) is 0 Å². The Morgan fingerprint density at radius 2 is 1.75 bits per heavy atom. The Labute approximate surface area is 120 Å². The molecule has 0 fully saturated rings. The van der Waals surface area contributed by atoms with Crippen LogP contribution in [0.15, 0.2) is 18.2 Å². The lowest BCUT2D eigenvalue weighted by molar-refractivity contribution is -0.115. The Balaban J connectivity index is 2.52. The second-order valence-corrected chi connectivity index (χ2v) is 6.84. The first-order valence-electron chi connectivity index (χ1n) is 6.68. The molecule has 0 aliphatic heterocycles. The van der Waals surface area contributed by atoms with Gasteiger partial charge in [0, 0.05) is 5.69 Å². The minimum Gasteiger partial charge on any atom is -0.325 e. The van der Waals surface area contributed by atoms with E-state index in [4.69, 9.17) is 0 Å². The summed E-state index contributed by atoms with van der Waals surface area (Å²) >= 11 is 0. The van der Waals surface area contributed by atoms with Gasteiger partial charge in [0.1, 0.15) is 0 Å². The average Bonchev–Trinajstić information content (AvgIpc) is 2.33. The highest BCUT2D eigenvalue weighted by Crippen LogP contribution is 2.13. The number of nitrogens with one attached hydrogen (secondary N) is 2. The summed E-state index contributed by atoms with van der Waals surface area (Å²) in [7, 11) is -3.36. The molecule has 1 aromatic rings. The van der Waals surface area contributed by atoms with Crippen molar-refractivity contribution in [1.82, 2.24) is 4.72 Å². The summed E-state index contributed by atoms with van der Waals surface area (Å²) in [5.41, 5.74) is 2.77. The Hall–Kier alpha value is -1.40. The van der Waals surface area contributed by atoms with Crippen molar-refractivity contribution in [3.8, 4) is 0 Å². The van der Waals surface area contributed by atoms with Crippen molar-refractivity contribution < 1.29 is 13.2 Å². The number of carbonyl (C=O) groups excluding carboxylic acids is 1. The zero-order valence-corrected chi connectivity index (χ0v) is 13.0. The second-order valence-electron chi connectivity index (χ2n) is 4.92. The van der Waals surface area contributed by atoms with Crippen LogP contribution < -0.4 is 10.0 Å². The van der Waals surface area contributed by atoms with E-state index in [1.807, 2.05) is 39.0 Å². The number of rotatable bonds is 7. The molecule has 1 amide bonds. The highest BCUT2D eigenvalue weighted by Gasteiger charge is 2.11. The lowest BCUT2D eigenvalue weighted by Gasteiger charge is -2.09. The molecular weight excluding hydrogens is 276 g/mol. The number of hydrogen-bond acceptors (Lipinski definition) is 3. The third-order valence-electron chi connectivity index (χ3n) is 2.72. The summed E-state index contributed by atoms with van der Waals surface area (Å²) in [6.07, 6.45) is 1.39. The molecule has 112 valence electrons. The van der Waals surface area contributed by atoms with Crippen LogP contribution in [0.4, 0.5) is 5.69 Å². The number of hydrogen-bond donors (Lipinski definition) is 2. The quantitative estimate of drug-likeness (QED) is 0.808. The fraction of sp³-hybridized carbons (Fsp3) is 0.500. The molecule has 20 heavy (non-hydrogen) atoms. The monoisotopic (exact) mass is 298 g/mol. The molecule has 6 heteroatoms. The summed E-state index contributed by atoms with van der Waals surface area (Å²) < 4.78 is 25.4. The molecule has 1 rings (SSSR count). The van der Waals surface area contributed by atoms with Gasteiger partial charge in [-0.2, -0.15) is 0 Å². The molecule has 2 N–H and O–H groups in total. The summed E-state index contributed by atoms with van der Waals surface area (Å²) in [4.78, 5) is 11.7. The minimum atomic E-state index is -3.36. The van der Waals surface area contributed by atoms with Crippen molar-refractivity contribution in [1.29, 1.82) is 0 Å². The van der Waals surface area contributed by atoms with Gasteiger partial charge >= 0.3 is 0 Å². The van der Waals surface area contributed by atoms with E-state index >= 15 is 0 Å². The Kier molecular flexibility index (Phi) is 6.16. The maximum absolute atomic E-state index is 11.7. The molecule has 0 spiro atoms. The zero-order valence-electron chi connectivity index (χ0n) is 12.2. The highest BCUT2D eigenvalue weighted by molar-refractivity contribution is 7.89. The van der Waals surface area contributed by atoms with E-state index in [-0.39, 0.29) is 18.2 Å². The lowest BCUT2D eigenvalue weighted by Crippen LogP contribution is -2.34. The molecule has 0 radical (unpaired) electrons. The fourth-order valence-electron chi connectivity index (χ4n) is 1.83. The second kappa shape index (κ2) is 7.40. The molecule has 0 unspecified atom stereocenters. The van der Waals surface area contributed by atoms with Crippen molar-refractivity contribution in [3.05, 3.63) is 29.3 Å². The molecule has 0 saturated heterocycles. The van der Waals surface area contributed by atoms with E-state index in [2.05, 4.69) is 10.0 Å². The van der Waals surface area contributed by atoms with E-state index < -0.39 is 10.0 Å². The van der Waals surface area contributed by atoms with Crippen molar-refractivity contribution in [2.45, 2.75) is 33.6 Å². The first-order valence-corrected chi connectivity index (χ1v) is 8.33. The molecule has 0 saturated carbocycles. The Morgan fingerprint density at radius 3 is 2.30 bits per heavy atom. The molecule has 0 heterocycles. The van der Waals surface area contributed by atoms with E-state index in [9.17, 15) is 13.2 Å². The van der Waals surface area contributed by atoms with Crippen LogP contribution >= 0.6 is 0 Å². The van der Waals surface area contributed by atoms with Gasteiger partial charge in [0.2, 0.25) is 15.9 Å². The van der Waals surface area contributed by atoms with Crippen LogP contribution in [0.3, 0.4) is 0 Å². The van der Waals surface area contributed by atoms with Gasteiger partial charge in [-0.05, 0) is 43.5 Å². The van der Waals surface area contributed by atoms with Gasteiger partial charge in [0.05, 0.1) is 12.3 Å². The summed E-state index contributed by atoms with van der Waals surface area (Å²) in [5.74, 6) is -0.310. The van der Waals surface area contributed by atoms with Gasteiger partial charge in [0.15, 0.2) is 0 Å². The van der Waals surface area contributed by atoms with Crippen molar-refractivity contribution in [2.24, 2.45) is 0 Å². The maximum Gasteiger partial charge on any atom is 0.239 e. The first kappa shape index (κ1) is 16.7. The van der Waals surface area contributed by atoms with Gasteiger partial charge in [-0.25, -0.2) is 13.1 Å². The predicted molar refractivity (Wildman–Crippen MR) is 81.2 cm³/mol. The number of carbonyl (C=O) groups is 1. The molecule has 5 nitrogen and oxygen atoms in total. The normalized spacial score (nSPS) is 11.3. The average molecular weight is 298 g/mol. The van der Waals surface area contributed by atoms with Gasteiger partial charge < -0.3 is 5.32 Å². The third kappa shape index (κ3) is 6.16. The third-order valence-corrected chi connectivity index (χ3v) is 4.14. The van der Waals surface area contributed by atoms with E-state index in [1.165, 1.54) is 0 Å².